The normalized spacial score (nSPS) is 18.2. The third-order valence-corrected chi connectivity index (χ3v) is 3.09. The molecule has 0 radical (unpaired) electrons. The van der Waals surface area contributed by atoms with E-state index in [2.05, 4.69) is 6.58 Å². The summed E-state index contributed by atoms with van der Waals surface area (Å²) in [4.78, 5) is 12.1. The molecule has 2 N–H and O–H groups in total. The molecule has 0 spiro atoms. The molecule has 96 valence electrons. The predicted molar refractivity (Wildman–Crippen MR) is 80.5 cm³/mol. The van der Waals surface area contributed by atoms with Crippen molar-refractivity contribution < 1.29 is 4.79 Å². The van der Waals surface area contributed by atoms with Gasteiger partial charge in [-0.25, -0.2) is 0 Å². The number of nitrogen functional groups attached to an aromatic ring is 1. The number of nitrogens with two attached hydrogens (primary N) is 1. The summed E-state index contributed by atoms with van der Waals surface area (Å²) in [7, 11) is 0. The summed E-state index contributed by atoms with van der Waals surface area (Å²) < 4.78 is 0. The lowest BCUT2D eigenvalue weighted by Gasteiger charge is -2.17. The average Bonchev–Trinajstić information content (AvgIpc) is 2.38. The van der Waals surface area contributed by atoms with Gasteiger partial charge in [0.25, 0.3) is 0 Å². The van der Waals surface area contributed by atoms with Crippen molar-refractivity contribution in [1.82, 2.24) is 0 Å². The summed E-state index contributed by atoms with van der Waals surface area (Å²) in [6, 6.07) is 7.55. The quantitative estimate of drug-likeness (QED) is 0.643. The van der Waals surface area contributed by atoms with Crippen molar-refractivity contribution in [1.29, 1.82) is 0 Å². The lowest BCUT2D eigenvalue weighted by molar-refractivity contribution is -0.111. The minimum Gasteiger partial charge on any atom is -0.399 e. The lowest BCUT2D eigenvalue weighted by Crippen LogP contribution is -2.09. The summed E-state index contributed by atoms with van der Waals surface area (Å²) in [6.45, 7) is 5.92. The fraction of sp³-hybridized carbons (Fsp3) is 0.118. The molecule has 1 aliphatic rings. The minimum atomic E-state index is 0.0150. The van der Waals surface area contributed by atoms with E-state index in [-0.39, 0.29) is 5.78 Å². The van der Waals surface area contributed by atoms with Crippen LogP contribution in [0.5, 0.6) is 0 Å². The Hall–Kier alpha value is -2.35. The van der Waals surface area contributed by atoms with Crippen molar-refractivity contribution in [3.8, 4) is 0 Å². The van der Waals surface area contributed by atoms with Crippen LogP contribution in [0.1, 0.15) is 18.9 Å². The Morgan fingerprint density at radius 3 is 2.53 bits per heavy atom. The molecule has 2 heteroatoms. The van der Waals surface area contributed by atoms with E-state index in [0.717, 1.165) is 22.4 Å². The van der Waals surface area contributed by atoms with E-state index >= 15 is 0 Å². The van der Waals surface area contributed by atoms with Gasteiger partial charge in [-0.15, -0.1) is 0 Å². The van der Waals surface area contributed by atoms with Gasteiger partial charge in [0.1, 0.15) is 0 Å². The van der Waals surface area contributed by atoms with Gasteiger partial charge in [-0.1, -0.05) is 36.9 Å². The van der Waals surface area contributed by atoms with E-state index in [1.54, 1.807) is 6.08 Å². The monoisotopic (exact) mass is 251 g/mol. The zero-order chi connectivity index (χ0) is 13.8. The smallest absolute Gasteiger partial charge is 0.186 e. The zero-order valence-corrected chi connectivity index (χ0v) is 11.0. The van der Waals surface area contributed by atoms with Crippen molar-refractivity contribution in [3.63, 3.8) is 0 Å². The van der Waals surface area contributed by atoms with Crippen LogP contribution in [-0.4, -0.2) is 5.78 Å². The third-order valence-electron chi connectivity index (χ3n) is 3.09. The predicted octanol–water partition coefficient (Wildman–Crippen LogP) is 3.68. The molecule has 0 aromatic heterocycles. The molecule has 1 aliphatic carbocycles. The van der Waals surface area contributed by atoms with E-state index in [9.17, 15) is 4.79 Å². The van der Waals surface area contributed by atoms with E-state index < -0.39 is 0 Å². The van der Waals surface area contributed by atoms with Crippen LogP contribution in [-0.2, 0) is 4.79 Å². The second-order valence-corrected chi connectivity index (χ2v) is 4.54. The molecule has 1 aromatic carbocycles. The van der Waals surface area contributed by atoms with E-state index in [4.69, 9.17) is 5.73 Å². The van der Waals surface area contributed by atoms with Crippen molar-refractivity contribution >= 4 is 17.0 Å². The SMILES string of the molecule is C=C1CC(c2ccc(N)cc2)=CC(=O)/C1=C/C=C\C. The summed E-state index contributed by atoms with van der Waals surface area (Å²) in [6.07, 6.45) is 7.96. The first-order valence-corrected chi connectivity index (χ1v) is 6.23. The number of carbonyl (C=O) groups is 1. The number of hydrogen-bond acceptors (Lipinski definition) is 2. The maximum absolute atomic E-state index is 12.1. The molecule has 19 heavy (non-hydrogen) atoms. The standard InChI is InChI=1S/C17H17NO/c1-3-4-5-16-12(2)10-14(11-17(16)19)13-6-8-15(18)9-7-13/h3-9,11H,2,10,18H2,1H3/b4-3-,16-5+. The average molecular weight is 251 g/mol. The molecule has 0 saturated heterocycles. The first-order chi connectivity index (χ1) is 9.11. The fourth-order valence-corrected chi connectivity index (χ4v) is 2.06. The van der Waals surface area contributed by atoms with Gasteiger partial charge >= 0.3 is 0 Å². The third kappa shape index (κ3) is 2.91. The molecule has 0 aliphatic heterocycles. The molecule has 1 aromatic rings. The summed E-state index contributed by atoms with van der Waals surface area (Å²) >= 11 is 0. The number of ketones is 1. The van der Waals surface area contributed by atoms with Crippen LogP contribution >= 0.6 is 0 Å². The van der Waals surface area contributed by atoms with Crippen LogP contribution in [0.25, 0.3) is 5.57 Å². The second-order valence-electron chi connectivity index (χ2n) is 4.54. The number of rotatable bonds is 2. The Morgan fingerprint density at radius 2 is 1.95 bits per heavy atom. The second kappa shape index (κ2) is 5.53. The Bertz CT molecular complexity index is 601. The number of anilines is 1. The molecule has 0 atom stereocenters. The first-order valence-electron chi connectivity index (χ1n) is 6.23. The van der Waals surface area contributed by atoms with Crippen LogP contribution in [0.2, 0.25) is 0 Å². The Balaban J connectivity index is 2.34. The Morgan fingerprint density at radius 1 is 1.26 bits per heavy atom. The highest BCUT2D eigenvalue weighted by molar-refractivity contribution is 6.13. The number of carbonyl (C=O) groups excluding carboxylic acids is 1. The molecule has 0 bridgehead atoms. The highest BCUT2D eigenvalue weighted by Crippen LogP contribution is 2.31. The van der Waals surface area contributed by atoms with Gasteiger partial charge in [0.2, 0.25) is 0 Å². The summed E-state index contributed by atoms with van der Waals surface area (Å²) in [5.41, 5.74) is 9.95. The minimum absolute atomic E-state index is 0.0150. The molecule has 2 nitrogen and oxygen atoms in total. The number of hydrogen-bond donors (Lipinski definition) is 1. The Kier molecular flexibility index (Phi) is 3.81. The zero-order valence-electron chi connectivity index (χ0n) is 11.0. The van der Waals surface area contributed by atoms with E-state index in [1.807, 2.05) is 49.4 Å². The van der Waals surface area contributed by atoms with Crippen molar-refractivity contribution in [2.45, 2.75) is 13.3 Å². The maximum atomic E-state index is 12.1. The van der Waals surface area contributed by atoms with Crippen molar-refractivity contribution in [2.24, 2.45) is 0 Å². The van der Waals surface area contributed by atoms with Crippen LogP contribution in [0.4, 0.5) is 5.69 Å². The van der Waals surface area contributed by atoms with Crippen LogP contribution in [0.3, 0.4) is 0 Å². The molecular weight excluding hydrogens is 234 g/mol. The highest BCUT2D eigenvalue weighted by atomic mass is 16.1. The van der Waals surface area contributed by atoms with Crippen LogP contribution < -0.4 is 5.73 Å². The van der Waals surface area contributed by atoms with Gasteiger partial charge in [-0.05, 0) is 48.3 Å². The van der Waals surface area contributed by atoms with Gasteiger partial charge in [-0.3, -0.25) is 4.79 Å². The van der Waals surface area contributed by atoms with Crippen LogP contribution in [0.15, 0.2) is 66.3 Å². The topological polar surface area (TPSA) is 43.1 Å². The van der Waals surface area contributed by atoms with Gasteiger partial charge in [0, 0.05) is 11.3 Å². The molecule has 0 saturated carbocycles. The molecule has 0 unspecified atom stereocenters. The fourth-order valence-electron chi connectivity index (χ4n) is 2.06. The van der Waals surface area contributed by atoms with E-state index in [1.165, 1.54) is 0 Å². The summed E-state index contributed by atoms with van der Waals surface area (Å²) in [5.74, 6) is 0.0150. The van der Waals surface area contributed by atoms with Crippen molar-refractivity contribution in [3.05, 3.63) is 71.9 Å². The molecule has 0 fully saturated rings. The molecular formula is C17H17NO. The van der Waals surface area contributed by atoms with Crippen molar-refractivity contribution in [2.75, 3.05) is 5.73 Å². The lowest BCUT2D eigenvalue weighted by atomic mass is 9.86. The highest BCUT2D eigenvalue weighted by Gasteiger charge is 2.19. The molecule has 0 heterocycles. The van der Waals surface area contributed by atoms with Gasteiger partial charge in [0.05, 0.1) is 0 Å². The largest absolute Gasteiger partial charge is 0.399 e. The number of allylic oxidation sites excluding steroid dienone is 7. The molecule has 2 rings (SSSR count). The van der Waals surface area contributed by atoms with Gasteiger partial charge in [-0.2, -0.15) is 0 Å². The van der Waals surface area contributed by atoms with Crippen LogP contribution in [0, 0.1) is 0 Å². The van der Waals surface area contributed by atoms with E-state index in [0.29, 0.717) is 12.0 Å². The maximum Gasteiger partial charge on any atom is 0.186 e. The Labute approximate surface area is 113 Å². The first kappa shape index (κ1) is 13.1. The summed E-state index contributed by atoms with van der Waals surface area (Å²) in [5, 5.41) is 0. The van der Waals surface area contributed by atoms with Gasteiger partial charge < -0.3 is 5.73 Å². The molecule has 0 amide bonds. The van der Waals surface area contributed by atoms with Gasteiger partial charge in [0.15, 0.2) is 5.78 Å². The number of benzene rings is 1.